The number of benzene rings is 3. The first-order valence-electron chi connectivity index (χ1n) is 17.8. The predicted molar refractivity (Wildman–Crippen MR) is 232 cm³/mol. The van der Waals surface area contributed by atoms with Gasteiger partial charge in [-0.15, -0.1) is 0 Å². The molecule has 6 aromatic rings. The molecule has 6 rings (SSSR count). The molecule has 0 fully saturated rings. The number of halogens is 3. The van der Waals surface area contributed by atoms with Gasteiger partial charge in [0.25, 0.3) is 5.91 Å². The van der Waals surface area contributed by atoms with E-state index in [4.69, 9.17) is 45.3 Å². The smallest absolute Gasteiger partial charge is 0.413 e. The summed E-state index contributed by atoms with van der Waals surface area (Å²) in [7, 11) is 0. The Bertz CT molecular complexity index is 2270. The van der Waals surface area contributed by atoms with E-state index in [0.717, 1.165) is 16.3 Å². The van der Waals surface area contributed by atoms with Crippen molar-refractivity contribution in [3.63, 3.8) is 0 Å². The van der Waals surface area contributed by atoms with E-state index in [1.165, 1.54) is 18.5 Å². The lowest BCUT2D eigenvalue weighted by Crippen LogP contribution is -2.27. The number of primary amides is 1. The summed E-state index contributed by atoms with van der Waals surface area (Å²) < 4.78 is 9.60. The highest BCUT2D eigenvalue weighted by atomic mass is 35.5. The lowest BCUT2D eigenvalue weighted by atomic mass is 10.1. The highest BCUT2D eigenvalue weighted by molar-refractivity contribution is 6.31. The van der Waals surface area contributed by atoms with Crippen LogP contribution in [0.2, 0.25) is 15.7 Å². The van der Waals surface area contributed by atoms with Gasteiger partial charge in [0.1, 0.15) is 28.0 Å². The number of aromatic nitrogens is 6. The topological polar surface area (TPSA) is 209 Å². The van der Waals surface area contributed by atoms with Gasteiger partial charge in [-0.05, 0) is 118 Å². The zero-order chi connectivity index (χ0) is 43.6. The number of nitrogens with one attached hydrogen (secondary N) is 3. The van der Waals surface area contributed by atoms with Gasteiger partial charge in [-0.1, -0.05) is 72.3 Å². The Kier molecular flexibility index (Phi) is 18.2. The van der Waals surface area contributed by atoms with Gasteiger partial charge >= 0.3 is 12.2 Å². The molecule has 0 aliphatic heterocycles. The van der Waals surface area contributed by atoms with Crippen LogP contribution in [0.15, 0.2) is 110 Å². The Labute approximate surface area is 357 Å². The van der Waals surface area contributed by atoms with Crippen molar-refractivity contribution < 1.29 is 23.9 Å². The SMILES string of the molecule is CC(C)(C)OC(=O)Nc1ccnc(Cl)n1.CC(C)(C)OC(N)=O.C[C@H](Nc1nccc(NC(=O)c2ccc3ccccc3c2)n1)c1ccccc1.Clc1ccnc(Cl)n1. The maximum atomic E-state index is 12.6. The maximum Gasteiger partial charge on any atom is 0.413 e. The van der Waals surface area contributed by atoms with Crippen LogP contribution in [-0.4, -0.2) is 59.2 Å². The van der Waals surface area contributed by atoms with Crippen molar-refractivity contribution >= 4 is 81.3 Å². The van der Waals surface area contributed by atoms with Gasteiger partial charge in [-0.3, -0.25) is 10.1 Å². The quantitative estimate of drug-likeness (QED) is 0.0911. The van der Waals surface area contributed by atoms with Gasteiger partial charge in [-0.25, -0.2) is 34.5 Å². The molecule has 0 radical (unpaired) electrons. The molecule has 3 aromatic heterocycles. The second kappa shape index (κ2) is 22.7. The molecule has 15 nitrogen and oxygen atoms in total. The predicted octanol–water partition coefficient (Wildman–Crippen LogP) is 10.2. The third-order valence-corrected chi connectivity index (χ3v) is 7.38. The number of nitrogens with two attached hydrogens (primary N) is 1. The molecular formula is C41H45Cl3N10O5. The summed E-state index contributed by atoms with van der Waals surface area (Å²) in [6.45, 7) is 12.7. The number of amides is 3. The van der Waals surface area contributed by atoms with Gasteiger partial charge in [0.05, 0.1) is 6.04 Å². The monoisotopic (exact) mass is 862 g/mol. The Balaban J connectivity index is 0.000000249. The summed E-state index contributed by atoms with van der Waals surface area (Å²) in [5, 5.41) is 11.3. The number of hydrogen-bond donors (Lipinski definition) is 4. The molecule has 59 heavy (non-hydrogen) atoms. The largest absolute Gasteiger partial charge is 0.444 e. The number of hydrogen-bond acceptors (Lipinski definition) is 12. The van der Waals surface area contributed by atoms with E-state index in [1.54, 1.807) is 59.9 Å². The fourth-order valence-corrected chi connectivity index (χ4v) is 4.94. The molecular weight excluding hydrogens is 819 g/mol. The summed E-state index contributed by atoms with van der Waals surface area (Å²) >= 11 is 16.3. The summed E-state index contributed by atoms with van der Waals surface area (Å²) in [5.74, 6) is 1.03. The van der Waals surface area contributed by atoms with E-state index < -0.39 is 23.4 Å². The van der Waals surface area contributed by atoms with E-state index in [2.05, 4.69) is 50.6 Å². The molecule has 0 aliphatic carbocycles. The van der Waals surface area contributed by atoms with Crippen LogP contribution >= 0.6 is 34.8 Å². The highest BCUT2D eigenvalue weighted by Gasteiger charge is 2.17. The second-order valence-electron chi connectivity index (χ2n) is 14.1. The average Bonchev–Trinajstić information content (AvgIpc) is 3.14. The molecule has 0 unspecified atom stereocenters. The fourth-order valence-electron chi connectivity index (χ4n) is 4.46. The number of fused-ring (bicyclic) bond motifs is 1. The van der Waals surface area contributed by atoms with Crippen LogP contribution in [0.25, 0.3) is 10.8 Å². The number of ether oxygens (including phenoxy) is 2. The molecule has 3 heterocycles. The lowest BCUT2D eigenvalue weighted by Gasteiger charge is -2.19. The number of carbonyl (C=O) groups excluding carboxylic acids is 3. The molecule has 0 spiro atoms. The Morgan fingerprint density at radius 1 is 0.644 bits per heavy atom. The zero-order valence-electron chi connectivity index (χ0n) is 33.4. The van der Waals surface area contributed by atoms with Gasteiger partial charge < -0.3 is 25.8 Å². The molecule has 3 aromatic carbocycles. The van der Waals surface area contributed by atoms with Gasteiger partial charge in [-0.2, -0.15) is 4.98 Å². The fraction of sp³-hybridized carbons (Fsp3) is 0.244. The van der Waals surface area contributed by atoms with Gasteiger partial charge in [0.15, 0.2) is 0 Å². The normalized spacial score (nSPS) is 11.1. The van der Waals surface area contributed by atoms with Crippen LogP contribution in [0.5, 0.6) is 0 Å². The first-order valence-corrected chi connectivity index (χ1v) is 19.0. The minimum absolute atomic E-state index is 0.0487. The maximum absolute atomic E-state index is 12.6. The number of anilines is 3. The van der Waals surface area contributed by atoms with Crippen molar-refractivity contribution in [2.45, 2.75) is 65.7 Å². The third kappa shape index (κ3) is 19.2. The van der Waals surface area contributed by atoms with Crippen molar-refractivity contribution in [2.75, 3.05) is 16.0 Å². The minimum atomic E-state index is -0.725. The van der Waals surface area contributed by atoms with Crippen LogP contribution in [0.4, 0.5) is 27.2 Å². The Hall–Kier alpha value is -6.16. The summed E-state index contributed by atoms with van der Waals surface area (Å²) in [5.41, 5.74) is 5.45. The summed E-state index contributed by atoms with van der Waals surface area (Å²) in [6.07, 6.45) is 3.28. The van der Waals surface area contributed by atoms with Gasteiger partial charge in [0, 0.05) is 24.2 Å². The van der Waals surface area contributed by atoms with Gasteiger partial charge in [0.2, 0.25) is 16.5 Å². The molecule has 0 saturated heterocycles. The number of rotatable bonds is 6. The summed E-state index contributed by atoms with van der Waals surface area (Å²) in [6, 6.07) is 28.5. The molecule has 1 atom stereocenters. The van der Waals surface area contributed by atoms with Crippen molar-refractivity contribution in [1.82, 2.24) is 29.9 Å². The van der Waals surface area contributed by atoms with Crippen LogP contribution in [0.3, 0.4) is 0 Å². The third-order valence-electron chi connectivity index (χ3n) is 6.81. The first kappa shape index (κ1) is 47.2. The van der Waals surface area contributed by atoms with E-state index in [-0.39, 0.29) is 22.5 Å². The molecule has 0 aliphatic rings. The molecule has 0 bridgehead atoms. The zero-order valence-corrected chi connectivity index (χ0v) is 35.7. The lowest BCUT2D eigenvalue weighted by molar-refractivity contribution is 0.0596. The first-order chi connectivity index (χ1) is 27.8. The number of carbonyl (C=O) groups is 3. The number of nitrogens with zero attached hydrogens (tertiary/aromatic N) is 6. The van der Waals surface area contributed by atoms with Crippen molar-refractivity contribution in [3.05, 3.63) is 136 Å². The van der Waals surface area contributed by atoms with Crippen molar-refractivity contribution in [3.8, 4) is 0 Å². The van der Waals surface area contributed by atoms with Crippen LogP contribution in [0, 0.1) is 0 Å². The average molecular weight is 864 g/mol. The van der Waals surface area contributed by atoms with E-state index in [0.29, 0.717) is 28.3 Å². The van der Waals surface area contributed by atoms with E-state index in [1.807, 2.05) is 79.7 Å². The second-order valence-corrected chi connectivity index (χ2v) is 15.1. The molecule has 18 heteroatoms. The minimum Gasteiger partial charge on any atom is -0.444 e. The highest BCUT2D eigenvalue weighted by Crippen LogP contribution is 2.19. The van der Waals surface area contributed by atoms with Crippen molar-refractivity contribution in [2.24, 2.45) is 5.73 Å². The van der Waals surface area contributed by atoms with E-state index in [9.17, 15) is 14.4 Å². The Morgan fingerprint density at radius 3 is 1.75 bits per heavy atom. The molecule has 5 N–H and O–H groups in total. The summed E-state index contributed by atoms with van der Waals surface area (Å²) in [4.78, 5) is 57.3. The Morgan fingerprint density at radius 2 is 1.20 bits per heavy atom. The van der Waals surface area contributed by atoms with E-state index >= 15 is 0 Å². The standard InChI is InChI=1S/C23H20N4O.C9H12ClN3O2.C5H11NO2.C4H2Cl2N2/c1-16(17-7-3-2-4-8-17)25-23-24-14-13-21(27-23)26-22(28)20-12-11-18-9-5-6-10-19(18)15-20;1-9(2,3)15-8(14)13-6-4-5-11-7(10)12-6;1-5(2,3)8-4(6)7;5-3-1-2-7-4(6)8-3/h2-16H,1H3,(H2,24,25,26,27,28);4-5H,1-3H3,(H,11,12,13,14);1-3H3,(H2,6,7);1-2H/t16-;;;/m0.../s1. The van der Waals surface area contributed by atoms with Crippen LogP contribution < -0.4 is 21.7 Å². The molecule has 3 amide bonds. The molecule has 0 saturated carbocycles. The van der Waals surface area contributed by atoms with Crippen LogP contribution in [0.1, 0.15) is 70.4 Å². The van der Waals surface area contributed by atoms with Crippen molar-refractivity contribution in [1.29, 1.82) is 0 Å². The van der Waals surface area contributed by atoms with Crippen LogP contribution in [-0.2, 0) is 9.47 Å². The molecule has 310 valence electrons.